The first-order valence-electron chi connectivity index (χ1n) is 5.41. The van der Waals surface area contributed by atoms with E-state index in [4.69, 9.17) is 10.8 Å². The quantitative estimate of drug-likeness (QED) is 0.668. The van der Waals surface area contributed by atoms with Crippen LogP contribution in [0.5, 0.6) is 0 Å². The predicted molar refractivity (Wildman–Crippen MR) is 62.0 cm³/mol. The SMILES string of the molecule is CCN(CC(N)=O)C(=O)C(C(=O)O)C(C)(C)C. The van der Waals surface area contributed by atoms with E-state index >= 15 is 0 Å². The standard InChI is InChI=1S/C11H20N2O4/c1-5-13(6-7(12)14)9(15)8(10(16)17)11(2,3)4/h8H,5-6H2,1-4H3,(H2,12,14)(H,16,17). The molecule has 0 spiro atoms. The molecule has 0 saturated heterocycles. The maximum absolute atomic E-state index is 12.0. The molecule has 0 aliphatic rings. The number of carboxylic acid groups (broad SMARTS) is 1. The van der Waals surface area contributed by atoms with Gasteiger partial charge in [0.1, 0.15) is 5.92 Å². The molecule has 0 aliphatic carbocycles. The van der Waals surface area contributed by atoms with E-state index in [-0.39, 0.29) is 13.1 Å². The number of hydrogen-bond donors (Lipinski definition) is 2. The summed E-state index contributed by atoms with van der Waals surface area (Å²) in [5.41, 5.74) is 4.30. The normalized spacial score (nSPS) is 12.9. The molecule has 0 saturated carbocycles. The number of aliphatic carboxylic acids is 1. The van der Waals surface area contributed by atoms with Crippen LogP contribution in [0.1, 0.15) is 27.7 Å². The maximum atomic E-state index is 12.0. The molecule has 3 N–H and O–H groups in total. The van der Waals surface area contributed by atoms with E-state index in [1.807, 2.05) is 0 Å². The van der Waals surface area contributed by atoms with Crippen molar-refractivity contribution < 1.29 is 19.5 Å². The average Bonchev–Trinajstić information content (AvgIpc) is 2.10. The molecule has 0 aromatic carbocycles. The van der Waals surface area contributed by atoms with Crippen LogP contribution in [-0.4, -0.2) is 40.9 Å². The summed E-state index contributed by atoms with van der Waals surface area (Å²) in [6, 6.07) is 0. The van der Waals surface area contributed by atoms with Gasteiger partial charge in [-0.15, -0.1) is 0 Å². The van der Waals surface area contributed by atoms with Gasteiger partial charge >= 0.3 is 5.97 Å². The van der Waals surface area contributed by atoms with E-state index in [1.54, 1.807) is 27.7 Å². The smallest absolute Gasteiger partial charge is 0.316 e. The van der Waals surface area contributed by atoms with Crippen molar-refractivity contribution in [2.75, 3.05) is 13.1 Å². The molecule has 0 rings (SSSR count). The van der Waals surface area contributed by atoms with Crippen LogP contribution in [0.2, 0.25) is 0 Å². The summed E-state index contributed by atoms with van der Waals surface area (Å²) in [5, 5.41) is 9.09. The predicted octanol–water partition coefficient (Wildman–Crippen LogP) is 0.0671. The minimum Gasteiger partial charge on any atom is -0.481 e. The van der Waals surface area contributed by atoms with E-state index in [0.29, 0.717) is 0 Å². The van der Waals surface area contributed by atoms with Gasteiger partial charge in [0.05, 0.1) is 6.54 Å². The first kappa shape index (κ1) is 15.4. The Bertz CT molecular complexity index is 320. The molecule has 0 bridgehead atoms. The van der Waals surface area contributed by atoms with Crippen LogP contribution in [-0.2, 0) is 14.4 Å². The highest BCUT2D eigenvalue weighted by atomic mass is 16.4. The number of rotatable bonds is 5. The Morgan fingerprint density at radius 2 is 1.76 bits per heavy atom. The van der Waals surface area contributed by atoms with Gasteiger partial charge in [-0.3, -0.25) is 14.4 Å². The first-order chi connectivity index (χ1) is 7.61. The molecule has 0 fully saturated rings. The topological polar surface area (TPSA) is 101 Å². The minimum absolute atomic E-state index is 0.252. The molecule has 6 nitrogen and oxygen atoms in total. The fourth-order valence-corrected chi connectivity index (χ4v) is 1.56. The van der Waals surface area contributed by atoms with Crippen molar-refractivity contribution in [3.8, 4) is 0 Å². The van der Waals surface area contributed by atoms with Gasteiger partial charge in [0.15, 0.2) is 0 Å². The number of carbonyl (C=O) groups is 3. The molecule has 1 atom stereocenters. The Hall–Kier alpha value is -1.59. The highest BCUT2D eigenvalue weighted by Crippen LogP contribution is 2.27. The van der Waals surface area contributed by atoms with E-state index in [0.717, 1.165) is 4.90 Å². The van der Waals surface area contributed by atoms with Gasteiger partial charge in [-0.2, -0.15) is 0 Å². The van der Waals surface area contributed by atoms with Crippen LogP contribution in [0.25, 0.3) is 0 Å². The van der Waals surface area contributed by atoms with Crippen molar-refractivity contribution in [1.82, 2.24) is 4.90 Å². The van der Waals surface area contributed by atoms with Crippen LogP contribution < -0.4 is 5.73 Å². The second kappa shape index (κ2) is 5.65. The summed E-state index contributed by atoms with van der Waals surface area (Å²) in [5.74, 6) is -3.60. The summed E-state index contributed by atoms with van der Waals surface area (Å²) >= 11 is 0. The third-order valence-corrected chi connectivity index (χ3v) is 2.40. The number of hydrogen-bond acceptors (Lipinski definition) is 3. The number of nitrogens with two attached hydrogens (primary N) is 1. The van der Waals surface area contributed by atoms with Crippen LogP contribution in [0.3, 0.4) is 0 Å². The molecule has 1 unspecified atom stereocenters. The Balaban J connectivity index is 5.07. The fourth-order valence-electron chi connectivity index (χ4n) is 1.56. The second-order valence-corrected chi connectivity index (χ2v) is 4.96. The summed E-state index contributed by atoms with van der Waals surface area (Å²) < 4.78 is 0. The third-order valence-electron chi connectivity index (χ3n) is 2.40. The maximum Gasteiger partial charge on any atom is 0.316 e. The minimum atomic E-state index is -1.19. The monoisotopic (exact) mass is 244 g/mol. The largest absolute Gasteiger partial charge is 0.481 e. The van der Waals surface area contributed by atoms with Gasteiger partial charge in [0.2, 0.25) is 11.8 Å². The lowest BCUT2D eigenvalue weighted by atomic mass is 9.80. The van der Waals surface area contributed by atoms with E-state index in [9.17, 15) is 14.4 Å². The third kappa shape index (κ3) is 4.42. The summed E-state index contributed by atoms with van der Waals surface area (Å²) in [6.45, 7) is 6.67. The molecular formula is C11H20N2O4. The highest BCUT2D eigenvalue weighted by Gasteiger charge is 2.40. The van der Waals surface area contributed by atoms with Crippen LogP contribution in [0, 0.1) is 11.3 Å². The molecule has 2 amide bonds. The van der Waals surface area contributed by atoms with Gasteiger partial charge in [-0.05, 0) is 12.3 Å². The number of primary amides is 1. The Morgan fingerprint density at radius 3 is 2.00 bits per heavy atom. The lowest BCUT2D eigenvalue weighted by Gasteiger charge is -2.30. The molecule has 0 heterocycles. The summed E-state index contributed by atoms with van der Waals surface area (Å²) in [4.78, 5) is 35.1. The zero-order valence-electron chi connectivity index (χ0n) is 10.7. The number of carbonyl (C=O) groups excluding carboxylic acids is 2. The summed E-state index contributed by atoms with van der Waals surface area (Å²) in [7, 11) is 0. The van der Waals surface area contributed by atoms with Crippen LogP contribution >= 0.6 is 0 Å². The van der Waals surface area contributed by atoms with E-state index in [1.165, 1.54) is 0 Å². The van der Waals surface area contributed by atoms with Crippen molar-refractivity contribution >= 4 is 17.8 Å². The van der Waals surface area contributed by atoms with E-state index < -0.39 is 29.1 Å². The molecule has 6 heteroatoms. The fraction of sp³-hybridized carbons (Fsp3) is 0.727. The Kier molecular flexibility index (Phi) is 5.12. The molecular weight excluding hydrogens is 224 g/mol. The first-order valence-corrected chi connectivity index (χ1v) is 5.41. The van der Waals surface area contributed by atoms with Crippen LogP contribution in [0.4, 0.5) is 0 Å². The lowest BCUT2D eigenvalue weighted by molar-refractivity contribution is -0.157. The number of nitrogens with zero attached hydrogens (tertiary/aromatic N) is 1. The molecule has 17 heavy (non-hydrogen) atoms. The van der Waals surface area contributed by atoms with Crippen molar-refractivity contribution in [2.45, 2.75) is 27.7 Å². The lowest BCUT2D eigenvalue weighted by Crippen LogP contribution is -2.47. The van der Waals surface area contributed by atoms with Gasteiger partial charge in [-0.1, -0.05) is 20.8 Å². The molecule has 0 aliphatic heterocycles. The summed E-state index contributed by atoms with van der Waals surface area (Å²) in [6.07, 6.45) is 0. The van der Waals surface area contributed by atoms with Crippen molar-refractivity contribution in [1.29, 1.82) is 0 Å². The van der Waals surface area contributed by atoms with Crippen molar-refractivity contribution in [3.05, 3.63) is 0 Å². The van der Waals surface area contributed by atoms with Crippen LogP contribution in [0.15, 0.2) is 0 Å². The van der Waals surface area contributed by atoms with Crippen molar-refractivity contribution in [2.24, 2.45) is 17.1 Å². The number of amides is 2. The average molecular weight is 244 g/mol. The van der Waals surface area contributed by atoms with Gasteiger partial charge < -0.3 is 15.7 Å². The van der Waals surface area contributed by atoms with E-state index in [2.05, 4.69) is 0 Å². The zero-order valence-corrected chi connectivity index (χ0v) is 10.7. The molecule has 0 aromatic heterocycles. The number of carboxylic acids is 1. The Morgan fingerprint density at radius 1 is 1.29 bits per heavy atom. The van der Waals surface area contributed by atoms with Gasteiger partial charge in [0, 0.05) is 6.54 Å². The number of likely N-dealkylation sites (N-methyl/N-ethyl adjacent to an activating group) is 1. The molecule has 0 radical (unpaired) electrons. The van der Waals surface area contributed by atoms with Crippen molar-refractivity contribution in [3.63, 3.8) is 0 Å². The van der Waals surface area contributed by atoms with Gasteiger partial charge in [-0.25, -0.2) is 0 Å². The molecule has 98 valence electrons. The molecule has 0 aromatic rings. The zero-order chi connectivity index (χ0) is 13.8. The Labute approximate surface area is 101 Å². The second-order valence-electron chi connectivity index (χ2n) is 4.96. The van der Waals surface area contributed by atoms with Gasteiger partial charge in [0.25, 0.3) is 0 Å². The highest BCUT2D eigenvalue weighted by molar-refractivity contribution is 5.99.